The molecule has 0 atom stereocenters. The van der Waals surface area contributed by atoms with E-state index in [0.29, 0.717) is 0 Å². The van der Waals surface area contributed by atoms with Gasteiger partial charge in [0.15, 0.2) is 0 Å². The molecule has 4 nitrogen and oxygen atoms in total. The molecule has 0 bridgehead atoms. The summed E-state index contributed by atoms with van der Waals surface area (Å²) in [4.78, 5) is 0. The van der Waals surface area contributed by atoms with Crippen LogP contribution >= 0.6 is 6.29 Å². The van der Waals surface area contributed by atoms with E-state index < -0.39 is 6.29 Å². The normalized spacial score (nSPS) is 11.4. The summed E-state index contributed by atoms with van der Waals surface area (Å²) in [5, 5.41) is 0. The fraction of sp³-hybridized carbons (Fsp3) is 0.333. The van der Waals surface area contributed by atoms with Gasteiger partial charge < -0.3 is 0 Å². The standard InChI is InChI=1S/C9H13O4PSe/c1-11-8-4-6-9(7-5-8)15-14(10,12-2)13-3/h4-7H,1-3H3. The van der Waals surface area contributed by atoms with E-state index in [0.717, 1.165) is 10.2 Å². The van der Waals surface area contributed by atoms with Crippen molar-refractivity contribution in [3.63, 3.8) is 0 Å². The van der Waals surface area contributed by atoms with Crippen molar-refractivity contribution in [1.82, 2.24) is 0 Å². The second kappa shape index (κ2) is 5.69. The third-order valence-corrected chi connectivity index (χ3v) is 8.23. The van der Waals surface area contributed by atoms with Crippen LogP contribution in [0.3, 0.4) is 0 Å². The van der Waals surface area contributed by atoms with Crippen molar-refractivity contribution in [3.8, 4) is 5.75 Å². The molecule has 0 aliphatic carbocycles. The fourth-order valence-corrected chi connectivity index (χ4v) is 5.21. The van der Waals surface area contributed by atoms with Gasteiger partial charge in [0.05, 0.1) is 0 Å². The minimum atomic E-state index is -2.90. The third-order valence-electron chi connectivity index (χ3n) is 1.72. The molecule has 0 aliphatic rings. The molecule has 1 aromatic rings. The van der Waals surface area contributed by atoms with Crippen LogP contribution in [0, 0.1) is 0 Å². The van der Waals surface area contributed by atoms with E-state index in [9.17, 15) is 4.57 Å². The second-order valence-corrected chi connectivity index (χ2v) is 9.34. The van der Waals surface area contributed by atoms with Gasteiger partial charge in [0.1, 0.15) is 0 Å². The Hall–Kier alpha value is -0.311. The van der Waals surface area contributed by atoms with Gasteiger partial charge in [0.2, 0.25) is 0 Å². The van der Waals surface area contributed by atoms with Crippen LogP contribution in [-0.2, 0) is 13.6 Å². The maximum absolute atomic E-state index is 11.8. The van der Waals surface area contributed by atoms with Gasteiger partial charge in [0.25, 0.3) is 0 Å². The molecule has 0 aliphatic heterocycles. The zero-order chi connectivity index (χ0) is 11.3. The van der Waals surface area contributed by atoms with Crippen LogP contribution < -0.4 is 9.20 Å². The summed E-state index contributed by atoms with van der Waals surface area (Å²) >= 11 is -0.331. The number of benzene rings is 1. The van der Waals surface area contributed by atoms with Gasteiger partial charge in [-0.3, -0.25) is 0 Å². The average molecular weight is 295 g/mol. The molecule has 0 aromatic heterocycles. The molecule has 84 valence electrons. The van der Waals surface area contributed by atoms with Crippen molar-refractivity contribution in [2.24, 2.45) is 0 Å². The molecule has 0 heterocycles. The van der Waals surface area contributed by atoms with Gasteiger partial charge in [-0.25, -0.2) is 0 Å². The van der Waals surface area contributed by atoms with Gasteiger partial charge in [0, 0.05) is 0 Å². The van der Waals surface area contributed by atoms with Crippen molar-refractivity contribution < 1.29 is 18.3 Å². The van der Waals surface area contributed by atoms with E-state index in [-0.39, 0.29) is 14.5 Å². The van der Waals surface area contributed by atoms with Gasteiger partial charge in [-0.15, -0.1) is 0 Å². The Morgan fingerprint density at radius 3 is 2.00 bits per heavy atom. The molecule has 1 aromatic carbocycles. The van der Waals surface area contributed by atoms with Gasteiger partial charge in [-0.05, 0) is 0 Å². The number of hydrogen-bond donors (Lipinski definition) is 0. The van der Waals surface area contributed by atoms with E-state index in [2.05, 4.69) is 0 Å². The van der Waals surface area contributed by atoms with Crippen LogP contribution in [0.2, 0.25) is 0 Å². The number of rotatable bonds is 5. The molecule has 0 spiro atoms. The summed E-state index contributed by atoms with van der Waals surface area (Å²) in [7, 11) is 4.40. The monoisotopic (exact) mass is 296 g/mol. The van der Waals surface area contributed by atoms with Crippen molar-refractivity contribution in [3.05, 3.63) is 24.3 Å². The Balaban J connectivity index is 2.76. The van der Waals surface area contributed by atoms with Crippen LogP contribution in [0.5, 0.6) is 5.75 Å². The zero-order valence-corrected chi connectivity index (χ0v) is 11.4. The molecule has 6 heteroatoms. The molecule has 0 N–H and O–H groups in total. The maximum atomic E-state index is 11.8. The molecule has 0 radical (unpaired) electrons. The van der Waals surface area contributed by atoms with Crippen LogP contribution in [0.15, 0.2) is 24.3 Å². The molecule has 0 amide bonds. The predicted octanol–water partition coefficient (Wildman–Crippen LogP) is 1.43. The van der Waals surface area contributed by atoms with E-state index in [1.807, 2.05) is 24.3 Å². The van der Waals surface area contributed by atoms with E-state index in [1.54, 1.807) is 7.11 Å². The summed E-state index contributed by atoms with van der Waals surface area (Å²) in [5.41, 5.74) is 0. The van der Waals surface area contributed by atoms with E-state index in [1.165, 1.54) is 14.2 Å². The summed E-state index contributed by atoms with van der Waals surface area (Å²) in [6.07, 6.45) is -2.90. The summed E-state index contributed by atoms with van der Waals surface area (Å²) in [5.74, 6) is 0.777. The Morgan fingerprint density at radius 2 is 1.60 bits per heavy atom. The molecular weight excluding hydrogens is 282 g/mol. The van der Waals surface area contributed by atoms with Crippen LogP contribution in [0.25, 0.3) is 0 Å². The molecule has 1 rings (SSSR count). The first-order valence-corrected chi connectivity index (χ1v) is 8.80. The van der Waals surface area contributed by atoms with Crippen LogP contribution in [0.1, 0.15) is 0 Å². The van der Waals surface area contributed by atoms with Crippen molar-refractivity contribution >= 4 is 25.3 Å². The van der Waals surface area contributed by atoms with Crippen LogP contribution in [0.4, 0.5) is 0 Å². The third kappa shape index (κ3) is 3.63. The summed E-state index contributed by atoms with van der Waals surface area (Å²) < 4.78 is 27.6. The van der Waals surface area contributed by atoms with Crippen molar-refractivity contribution in [1.29, 1.82) is 0 Å². The van der Waals surface area contributed by atoms with Crippen molar-refractivity contribution in [2.75, 3.05) is 21.3 Å². The number of ether oxygens (including phenoxy) is 1. The number of methoxy groups -OCH3 is 1. The number of hydrogen-bond acceptors (Lipinski definition) is 4. The first-order valence-electron chi connectivity index (χ1n) is 4.18. The molecule has 0 saturated heterocycles. The summed E-state index contributed by atoms with van der Waals surface area (Å²) in [6, 6.07) is 7.38. The molecule has 15 heavy (non-hydrogen) atoms. The van der Waals surface area contributed by atoms with Gasteiger partial charge >= 0.3 is 95.0 Å². The summed E-state index contributed by atoms with van der Waals surface area (Å²) in [6.45, 7) is 0. The Bertz CT molecular complexity index is 344. The Morgan fingerprint density at radius 1 is 1.07 bits per heavy atom. The molecule has 0 unspecified atom stereocenters. The molecule has 0 fully saturated rings. The fourth-order valence-electron chi connectivity index (χ4n) is 0.915. The predicted molar refractivity (Wildman–Crippen MR) is 60.0 cm³/mol. The van der Waals surface area contributed by atoms with Gasteiger partial charge in [-0.1, -0.05) is 0 Å². The quantitative estimate of drug-likeness (QED) is 0.609. The van der Waals surface area contributed by atoms with E-state index in [4.69, 9.17) is 13.8 Å². The Labute approximate surface area is 95.2 Å². The first kappa shape index (κ1) is 12.8. The molecule has 0 saturated carbocycles. The van der Waals surface area contributed by atoms with Crippen molar-refractivity contribution in [2.45, 2.75) is 0 Å². The second-order valence-electron chi connectivity index (χ2n) is 2.58. The zero-order valence-electron chi connectivity index (χ0n) is 8.80. The topological polar surface area (TPSA) is 44.8 Å². The molecular formula is C9H13O4PSe. The Kier molecular flexibility index (Phi) is 4.84. The minimum absolute atomic E-state index is 0.331. The van der Waals surface area contributed by atoms with Crippen LogP contribution in [-0.4, -0.2) is 35.8 Å². The SMILES string of the molecule is COc1ccc([Se]P(=O)(OC)OC)cc1. The van der Waals surface area contributed by atoms with Gasteiger partial charge in [-0.2, -0.15) is 0 Å². The average Bonchev–Trinajstić information content (AvgIpc) is 2.30. The van der Waals surface area contributed by atoms with E-state index >= 15 is 0 Å². The first-order chi connectivity index (χ1) is 7.13.